The number of benzene rings is 1. The van der Waals surface area contributed by atoms with E-state index in [1.165, 1.54) is 13.2 Å². The van der Waals surface area contributed by atoms with Gasteiger partial charge in [-0.2, -0.15) is 5.26 Å². The number of nitrogens with zero attached hydrogens (tertiary/aromatic N) is 1. The summed E-state index contributed by atoms with van der Waals surface area (Å²) in [7, 11) is 1.37. The first-order chi connectivity index (χ1) is 7.63. The number of ether oxygens (including phenoxy) is 2. The van der Waals surface area contributed by atoms with Crippen molar-refractivity contribution in [2.24, 2.45) is 0 Å². The molecule has 0 aliphatic heterocycles. The molecule has 5 heteroatoms. The highest BCUT2D eigenvalue weighted by Crippen LogP contribution is 2.28. The maximum absolute atomic E-state index is 11.5. The summed E-state index contributed by atoms with van der Waals surface area (Å²) in [5.74, 6) is -0.668. The third-order valence-corrected chi connectivity index (χ3v) is 1.93. The Labute approximate surface area is 92.8 Å². The summed E-state index contributed by atoms with van der Waals surface area (Å²) < 4.78 is 9.73. The Hall–Kier alpha value is -2.22. The van der Waals surface area contributed by atoms with Crippen molar-refractivity contribution in [1.82, 2.24) is 0 Å². The highest BCUT2D eigenvalue weighted by atomic mass is 16.5. The van der Waals surface area contributed by atoms with Crippen LogP contribution in [-0.2, 0) is 4.74 Å². The first-order valence-corrected chi connectivity index (χ1v) is 4.62. The molecule has 0 aromatic heterocycles. The maximum atomic E-state index is 11.5. The minimum atomic E-state index is -0.598. The first-order valence-electron chi connectivity index (χ1n) is 4.62. The highest BCUT2D eigenvalue weighted by Gasteiger charge is 2.17. The zero-order valence-electron chi connectivity index (χ0n) is 8.98. The average Bonchev–Trinajstić information content (AvgIpc) is 2.29. The van der Waals surface area contributed by atoms with Gasteiger partial charge in [0, 0.05) is 6.07 Å². The molecule has 5 nitrogen and oxygen atoms in total. The standard InChI is InChI=1S/C11H11NO4/c1-3-16-11(14)8-5-9(13)7(6-12)4-10(8)15-2/h4-5,13H,3H2,1-2H3. The van der Waals surface area contributed by atoms with Crippen LogP contribution >= 0.6 is 0 Å². The van der Waals surface area contributed by atoms with E-state index in [1.807, 2.05) is 0 Å². The fourth-order valence-corrected chi connectivity index (χ4v) is 1.20. The summed E-state index contributed by atoms with van der Waals surface area (Å²) >= 11 is 0. The van der Waals surface area contributed by atoms with Crippen LogP contribution in [0.2, 0.25) is 0 Å². The molecule has 0 heterocycles. The van der Waals surface area contributed by atoms with Gasteiger partial charge in [0.15, 0.2) is 0 Å². The topological polar surface area (TPSA) is 79.5 Å². The monoisotopic (exact) mass is 221 g/mol. The molecule has 1 aromatic carbocycles. The molecule has 1 rings (SSSR count). The van der Waals surface area contributed by atoms with Gasteiger partial charge in [-0.1, -0.05) is 0 Å². The summed E-state index contributed by atoms with van der Waals surface area (Å²) in [6.07, 6.45) is 0. The molecular formula is C11H11NO4. The van der Waals surface area contributed by atoms with Crippen LogP contribution in [0.5, 0.6) is 11.5 Å². The number of aromatic hydroxyl groups is 1. The van der Waals surface area contributed by atoms with Crippen molar-refractivity contribution in [1.29, 1.82) is 5.26 Å². The van der Waals surface area contributed by atoms with Crippen molar-refractivity contribution >= 4 is 5.97 Å². The fourth-order valence-electron chi connectivity index (χ4n) is 1.20. The van der Waals surface area contributed by atoms with E-state index in [4.69, 9.17) is 14.7 Å². The number of phenols is 1. The van der Waals surface area contributed by atoms with Gasteiger partial charge in [-0.3, -0.25) is 0 Å². The quantitative estimate of drug-likeness (QED) is 0.781. The molecule has 0 amide bonds. The third-order valence-electron chi connectivity index (χ3n) is 1.93. The van der Waals surface area contributed by atoms with Gasteiger partial charge in [-0.05, 0) is 13.0 Å². The van der Waals surface area contributed by atoms with Crippen LogP contribution in [-0.4, -0.2) is 24.8 Å². The van der Waals surface area contributed by atoms with Gasteiger partial charge in [0.25, 0.3) is 0 Å². The van der Waals surface area contributed by atoms with Crippen molar-refractivity contribution in [3.8, 4) is 17.6 Å². The Bertz CT molecular complexity index is 448. The minimum absolute atomic E-state index is 0.0462. The van der Waals surface area contributed by atoms with Crippen molar-refractivity contribution < 1.29 is 19.4 Å². The molecule has 0 saturated carbocycles. The van der Waals surface area contributed by atoms with E-state index < -0.39 is 5.97 Å². The fraction of sp³-hybridized carbons (Fsp3) is 0.273. The lowest BCUT2D eigenvalue weighted by molar-refractivity contribution is 0.0522. The van der Waals surface area contributed by atoms with Crippen molar-refractivity contribution in [3.63, 3.8) is 0 Å². The molecule has 0 bridgehead atoms. The van der Waals surface area contributed by atoms with E-state index in [9.17, 15) is 9.90 Å². The van der Waals surface area contributed by atoms with Crippen LogP contribution < -0.4 is 4.74 Å². The van der Waals surface area contributed by atoms with E-state index in [0.717, 1.165) is 6.07 Å². The summed E-state index contributed by atoms with van der Waals surface area (Å²) in [5.41, 5.74) is 0.144. The number of methoxy groups -OCH3 is 1. The van der Waals surface area contributed by atoms with Gasteiger partial charge in [0.05, 0.1) is 19.3 Å². The van der Waals surface area contributed by atoms with Gasteiger partial charge in [0.2, 0.25) is 0 Å². The van der Waals surface area contributed by atoms with Crippen LogP contribution in [0.1, 0.15) is 22.8 Å². The lowest BCUT2D eigenvalue weighted by atomic mass is 10.1. The van der Waals surface area contributed by atoms with Gasteiger partial charge in [-0.25, -0.2) is 4.79 Å². The number of rotatable bonds is 3. The molecule has 0 fully saturated rings. The second-order valence-corrected chi connectivity index (χ2v) is 2.90. The van der Waals surface area contributed by atoms with Crippen LogP contribution in [0.15, 0.2) is 12.1 Å². The van der Waals surface area contributed by atoms with Crippen LogP contribution in [0.4, 0.5) is 0 Å². The van der Waals surface area contributed by atoms with E-state index in [2.05, 4.69) is 0 Å². The van der Waals surface area contributed by atoms with Gasteiger partial charge in [0.1, 0.15) is 23.1 Å². The molecular weight excluding hydrogens is 210 g/mol. The molecule has 0 atom stereocenters. The minimum Gasteiger partial charge on any atom is -0.507 e. The summed E-state index contributed by atoms with van der Waals surface area (Å²) in [6, 6.07) is 4.24. The normalized spacial score (nSPS) is 9.31. The zero-order valence-corrected chi connectivity index (χ0v) is 8.98. The summed E-state index contributed by atoms with van der Waals surface area (Å²) in [5, 5.41) is 18.1. The summed E-state index contributed by atoms with van der Waals surface area (Å²) in [4.78, 5) is 11.5. The lowest BCUT2D eigenvalue weighted by Crippen LogP contribution is -2.07. The zero-order chi connectivity index (χ0) is 12.1. The van der Waals surface area contributed by atoms with Crippen LogP contribution in [0.3, 0.4) is 0 Å². The maximum Gasteiger partial charge on any atom is 0.342 e. The number of carbonyl (C=O) groups excluding carboxylic acids is 1. The van der Waals surface area contributed by atoms with E-state index >= 15 is 0 Å². The Morgan fingerprint density at radius 2 is 2.25 bits per heavy atom. The van der Waals surface area contributed by atoms with Crippen molar-refractivity contribution in [3.05, 3.63) is 23.3 Å². The Morgan fingerprint density at radius 1 is 1.56 bits per heavy atom. The number of hydrogen-bond acceptors (Lipinski definition) is 5. The van der Waals surface area contributed by atoms with Crippen molar-refractivity contribution in [2.45, 2.75) is 6.92 Å². The Morgan fingerprint density at radius 3 is 2.75 bits per heavy atom. The Balaban J connectivity index is 3.24. The number of carbonyl (C=O) groups is 1. The van der Waals surface area contributed by atoms with Gasteiger partial charge < -0.3 is 14.6 Å². The van der Waals surface area contributed by atoms with Gasteiger partial charge >= 0.3 is 5.97 Å². The molecule has 0 aliphatic rings. The largest absolute Gasteiger partial charge is 0.507 e. The number of esters is 1. The molecule has 0 spiro atoms. The van der Waals surface area contributed by atoms with Crippen molar-refractivity contribution in [2.75, 3.05) is 13.7 Å². The predicted octanol–water partition coefficient (Wildman–Crippen LogP) is 1.45. The smallest absolute Gasteiger partial charge is 0.342 e. The predicted molar refractivity (Wildman–Crippen MR) is 55.3 cm³/mol. The Kier molecular flexibility index (Phi) is 3.72. The van der Waals surface area contributed by atoms with Crippen LogP contribution in [0.25, 0.3) is 0 Å². The molecule has 0 unspecified atom stereocenters. The lowest BCUT2D eigenvalue weighted by Gasteiger charge is -2.08. The second kappa shape index (κ2) is 5.03. The molecule has 0 aliphatic carbocycles. The van der Waals surface area contributed by atoms with E-state index in [-0.39, 0.29) is 29.2 Å². The molecule has 1 N–H and O–H groups in total. The molecule has 16 heavy (non-hydrogen) atoms. The molecule has 84 valence electrons. The number of nitriles is 1. The van der Waals surface area contributed by atoms with E-state index in [0.29, 0.717) is 0 Å². The first kappa shape index (κ1) is 11.9. The average molecular weight is 221 g/mol. The molecule has 1 aromatic rings. The number of phenolic OH excluding ortho intramolecular Hbond substituents is 1. The molecule has 0 saturated heterocycles. The van der Waals surface area contributed by atoms with E-state index in [1.54, 1.807) is 13.0 Å². The highest BCUT2D eigenvalue weighted by molar-refractivity contribution is 5.93. The number of hydrogen-bond donors (Lipinski definition) is 1. The summed E-state index contributed by atoms with van der Waals surface area (Å²) in [6.45, 7) is 1.90. The SMILES string of the molecule is CCOC(=O)c1cc(O)c(C#N)cc1OC. The van der Waals surface area contributed by atoms with Gasteiger partial charge in [-0.15, -0.1) is 0 Å². The second-order valence-electron chi connectivity index (χ2n) is 2.90. The van der Waals surface area contributed by atoms with Crippen LogP contribution in [0, 0.1) is 11.3 Å². The third kappa shape index (κ3) is 2.23. The molecule has 0 radical (unpaired) electrons.